The van der Waals surface area contributed by atoms with Crippen molar-refractivity contribution in [3.8, 4) is 0 Å². The molecule has 0 heterocycles. The monoisotopic (exact) mass is 281 g/mol. The normalized spacial score (nSPS) is 9.45. The fourth-order valence-corrected chi connectivity index (χ4v) is 1.55. The minimum absolute atomic E-state index is 0.0845. The van der Waals surface area contributed by atoms with Gasteiger partial charge in [0.25, 0.3) is 0 Å². The van der Waals surface area contributed by atoms with Crippen LogP contribution in [-0.4, -0.2) is 48.8 Å². The molecule has 0 saturated carbocycles. The van der Waals surface area contributed by atoms with E-state index in [1.165, 1.54) is 19.1 Å². The number of nitrogens with zero attached hydrogens (tertiary/aromatic N) is 1. The summed E-state index contributed by atoms with van der Waals surface area (Å²) in [6, 6.07) is 0. The molecule has 112 valence electrons. The molecule has 0 aliphatic rings. The van der Waals surface area contributed by atoms with Gasteiger partial charge in [-0.1, -0.05) is 13.2 Å². The highest BCUT2D eigenvalue weighted by Crippen LogP contribution is 1.96. The molecule has 0 saturated heterocycles. The van der Waals surface area contributed by atoms with Crippen LogP contribution in [0.2, 0.25) is 0 Å². The molecule has 0 aliphatic heterocycles. The molecule has 3 amide bonds. The van der Waals surface area contributed by atoms with E-state index in [1.54, 1.807) is 4.90 Å². The smallest absolute Gasteiger partial charge is 0.245 e. The molecule has 0 rings (SSSR count). The molecule has 0 atom stereocenters. The zero-order valence-corrected chi connectivity index (χ0v) is 12.0. The maximum absolute atomic E-state index is 11.6. The second-order valence-electron chi connectivity index (χ2n) is 4.21. The third-order valence-corrected chi connectivity index (χ3v) is 2.55. The fraction of sp³-hybridized carbons (Fsp3) is 0.500. The number of hydrogen-bond donors (Lipinski definition) is 2. The molecule has 0 aromatic heterocycles. The summed E-state index contributed by atoms with van der Waals surface area (Å²) in [6.45, 7) is 10.4. The van der Waals surface area contributed by atoms with E-state index in [4.69, 9.17) is 0 Å². The molecule has 20 heavy (non-hydrogen) atoms. The Morgan fingerprint density at radius 1 is 1.00 bits per heavy atom. The molecular formula is C14H23N3O3. The second-order valence-corrected chi connectivity index (χ2v) is 4.21. The zero-order valence-electron chi connectivity index (χ0n) is 12.0. The lowest BCUT2D eigenvalue weighted by Crippen LogP contribution is -2.35. The summed E-state index contributed by atoms with van der Waals surface area (Å²) in [7, 11) is 0. The van der Waals surface area contributed by atoms with E-state index in [2.05, 4.69) is 23.8 Å². The summed E-state index contributed by atoms with van der Waals surface area (Å²) >= 11 is 0. The van der Waals surface area contributed by atoms with Crippen molar-refractivity contribution in [3.63, 3.8) is 0 Å². The van der Waals surface area contributed by atoms with Crippen molar-refractivity contribution in [2.75, 3.05) is 26.2 Å². The van der Waals surface area contributed by atoms with E-state index in [0.29, 0.717) is 39.0 Å². The van der Waals surface area contributed by atoms with E-state index in [-0.39, 0.29) is 17.7 Å². The quantitative estimate of drug-likeness (QED) is 0.444. The van der Waals surface area contributed by atoms with Gasteiger partial charge in [0, 0.05) is 33.1 Å². The summed E-state index contributed by atoms with van der Waals surface area (Å²) in [4.78, 5) is 35.0. The molecule has 0 aromatic rings. The van der Waals surface area contributed by atoms with Crippen molar-refractivity contribution < 1.29 is 14.4 Å². The largest absolute Gasteiger partial charge is 0.356 e. The number of carbonyl (C=O) groups is 3. The van der Waals surface area contributed by atoms with Crippen molar-refractivity contribution in [3.05, 3.63) is 25.3 Å². The van der Waals surface area contributed by atoms with Crippen LogP contribution in [-0.2, 0) is 14.4 Å². The van der Waals surface area contributed by atoms with Gasteiger partial charge in [-0.25, -0.2) is 0 Å². The van der Waals surface area contributed by atoms with Gasteiger partial charge in [0.2, 0.25) is 17.7 Å². The fourth-order valence-electron chi connectivity index (χ4n) is 1.55. The topological polar surface area (TPSA) is 78.5 Å². The number of hydrogen-bond acceptors (Lipinski definition) is 3. The summed E-state index contributed by atoms with van der Waals surface area (Å²) in [6.07, 6.45) is 3.80. The van der Waals surface area contributed by atoms with Crippen LogP contribution in [0.3, 0.4) is 0 Å². The Bertz CT molecular complexity index is 367. The van der Waals surface area contributed by atoms with Gasteiger partial charge in [-0.2, -0.15) is 0 Å². The Balaban J connectivity index is 3.99. The number of amides is 3. The Morgan fingerprint density at radius 3 is 2.00 bits per heavy atom. The lowest BCUT2D eigenvalue weighted by atomic mass is 10.3. The van der Waals surface area contributed by atoms with Gasteiger partial charge < -0.3 is 15.5 Å². The predicted octanol–water partition coefficient (Wildman–Crippen LogP) is 0.219. The van der Waals surface area contributed by atoms with Crippen LogP contribution >= 0.6 is 0 Å². The molecule has 0 radical (unpaired) electrons. The number of carbonyl (C=O) groups excluding carboxylic acids is 3. The standard InChI is InChI=1S/C14H23N3O3/c1-4-13(19)16-9-7-11-17(14(20)5-2)10-6-8-15-12(3)18/h4-5H,1-2,6-11H2,3H3,(H,15,18)(H,16,19). The Labute approximate surface area is 119 Å². The Kier molecular flexibility index (Phi) is 9.64. The van der Waals surface area contributed by atoms with E-state index in [0.717, 1.165) is 0 Å². The van der Waals surface area contributed by atoms with E-state index >= 15 is 0 Å². The second kappa shape index (κ2) is 10.8. The number of rotatable bonds is 10. The minimum Gasteiger partial charge on any atom is -0.356 e. The third-order valence-electron chi connectivity index (χ3n) is 2.55. The van der Waals surface area contributed by atoms with Gasteiger partial charge in [-0.05, 0) is 25.0 Å². The zero-order chi connectivity index (χ0) is 15.4. The van der Waals surface area contributed by atoms with Crippen LogP contribution in [0.25, 0.3) is 0 Å². The lowest BCUT2D eigenvalue weighted by Gasteiger charge is -2.21. The van der Waals surface area contributed by atoms with Crippen LogP contribution in [0.15, 0.2) is 25.3 Å². The Morgan fingerprint density at radius 2 is 1.55 bits per heavy atom. The molecule has 0 fully saturated rings. The van der Waals surface area contributed by atoms with Crippen LogP contribution in [0.5, 0.6) is 0 Å². The molecule has 0 spiro atoms. The predicted molar refractivity (Wildman–Crippen MR) is 77.9 cm³/mol. The van der Waals surface area contributed by atoms with Crippen LogP contribution in [0.4, 0.5) is 0 Å². The maximum atomic E-state index is 11.6. The molecule has 0 aromatic carbocycles. The van der Waals surface area contributed by atoms with Crippen molar-refractivity contribution in [2.45, 2.75) is 19.8 Å². The summed E-state index contributed by atoms with van der Waals surface area (Å²) in [5, 5.41) is 5.33. The first-order chi connectivity index (χ1) is 9.51. The van der Waals surface area contributed by atoms with E-state index < -0.39 is 0 Å². The van der Waals surface area contributed by atoms with E-state index in [1.807, 2.05) is 0 Å². The summed E-state index contributed by atoms with van der Waals surface area (Å²) < 4.78 is 0. The minimum atomic E-state index is -0.225. The van der Waals surface area contributed by atoms with Gasteiger partial charge in [0.1, 0.15) is 0 Å². The number of nitrogens with one attached hydrogen (secondary N) is 2. The first-order valence-electron chi connectivity index (χ1n) is 6.57. The molecular weight excluding hydrogens is 258 g/mol. The van der Waals surface area contributed by atoms with Gasteiger partial charge in [-0.15, -0.1) is 0 Å². The van der Waals surface area contributed by atoms with Crippen molar-refractivity contribution in [1.82, 2.24) is 15.5 Å². The van der Waals surface area contributed by atoms with Gasteiger partial charge in [0.05, 0.1) is 0 Å². The molecule has 6 nitrogen and oxygen atoms in total. The van der Waals surface area contributed by atoms with Crippen LogP contribution < -0.4 is 10.6 Å². The van der Waals surface area contributed by atoms with Crippen molar-refractivity contribution >= 4 is 17.7 Å². The van der Waals surface area contributed by atoms with Crippen molar-refractivity contribution in [2.24, 2.45) is 0 Å². The van der Waals surface area contributed by atoms with Gasteiger partial charge in [-0.3, -0.25) is 14.4 Å². The summed E-state index contributed by atoms with van der Waals surface area (Å²) in [5.74, 6) is -0.459. The third kappa shape index (κ3) is 8.91. The SMILES string of the molecule is C=CC(=O)NCCCN(CCCNC(C)=O)C(=O)C=C. The highest BCUT2D eigenvalue weighted by Gasteiger charge is 2.09. The maximum Gasteiger partial charge on any atom is 0.245 e. The molecule has 0 aliphatic carbocycles. The van der Waals surface area contributed by atoms with Crippen LogP contribution in [0, 0.1) is 0 Å². The van der Waals surface area contributed by atoms with Gasteiger partial charge in [0.15, 0.2) is 0 Å². The molecule has 2 N–H and O–H groups in total. The molecule has 0 unspecified atom stereocenters. The summed E-state index contributed by atoms with van der Waals surface area (Å²) in [5.41, 5.74) is 0. The highest BCUT2D eigenvalue weighted by molar-refractivity contribution is 5.87. The first kappa shape index (κ1) is 17.9. The van der Waals surface area contributed by atoms with E-state index in [9.17, 15) is 14.4 Å². The highest BCUT2D eigenvalue weighted by atomic mass is 16.2. The average Bonchev–Trinajstić information content (AvgIpc) is 2.43. The van der Waals surface area contributed by atoms with Crippen LogP contribution in [0.1, 0.15) is 19.8 Å². The molecule has 0 bridgehead atoms. The molecule has 6 heteroatoms. The Hall–Kier alpha value is -2.11. The lowest BCUT2D eigenvalue weighted by molar-refractivity contribution is -0.126. The average molecular weight is 281 g/mol. The van der Waals surface area contributed by atoms with Gasteiger partial charge >= 0.3 is 0 Å². The first-order valence-corrected chi connectivity index (χ1v) is 6.57. The van der Waals surface area contributed by atoms with Crippen molar-refractivity contribution in [1.29, 1.82) is 0 Å².